The maximum atomic E-state index is 10.8. The summed E-state index contributed by atoms with van der Waals surface area (Å²) in [5.74, 6) is 0. The molecule has 0 unspecified atom stereocenters. The predicted molar refractivity (Wildman–Crippen MR) is 65.3 cm³/mol. The van der Waals surface area contributed by atoms with Gasteiger partial charge in [-0.2, -0.15) is 0 Å². The normalized spacial score (nSPS) is 10.2. The summed E-state index contributed by atoms with van der Waals surface area (Å²) in [6, 6.07) is 9.37. The molecule has 15 heavy (non-hydrogen) atoms. The third kappa shape index (κ3) is 2.62. The van der Waals surface area contributed by atoms with Crippen LogP contribution in [0.2, 0.25) is 5.02 Å². The average Bonchev–Trinajstić information content (AvgIpc) is 2.73. The summed E-state index contributed by atoms with van der Waals surface area (Å²) in [5.41, 5.74) is 0.640. The minimum absolute atomic E-state index is 0.590. The molecule has 1 heterocycles. The first-order valence-corrected chi connectivity index (χ1v) is 6.33. The molecular weight excluding hydrogens is 248 g/mol. The van der Waals surface area contributed by atoms with Crippen LogP contribution in [0.5, 0.6) is 0 Å². The molecule has 0 spiro atoms. The van der Waals surface area contributed by atoms with Gasteiger partial charge in [0.25, 0.3) is 0 Å². The number of carbonyl (C=O) groups excluding carboxylic acids is 1. The Morgan fingerprint density at radius 1 is 1.33 bits per heavy atom. The van der Waals surface area contributed by atoms with E-state index in [0.29, 0.717) is 10.6 Å². The zero-order valence-electron chi connectivity index (χ0n) is 7.64. The van der Waals surface area contributed by atoms with Gasteiger partial charge in [-0.15, -0.1) is 11.3 Å². The van der Waals surface area contributed by atoms with Gasteiger partial charge >= 0.3 is 0 Å². The van der Waals surface area contributed by atoms with Crippen molar-refractivity contribution in [3.05, 3.63) is 46.3 Å². The van der Waals surface area contributed by atoms with Gasteiger partial charge in [-0.05, 0) is 29.6 Å². The van der Waals surface area contributed by atoms with E-state index < -0.39 is 0 Å². The molecule has 1 aromatic carbocycles. The minimum atomic E-state index is 0.590. The van der Waals surface area contributed by atoms with Gasteiger partial charge in [-0.1, -0.05) is 29.4 Å². The van der Waals surface area contributed by atoms with Crippen LogP contribution in [0.3, 0.4) is 0 Å². The number of hydrogen-bond acceptors (Lipinski definition) is 3. The first-order valence-electron chi connectivity index (χ1n) is 4.25. The van der Waals surface area contributed by atoms with Crippen LogP contribution in [-0.2, 0) is 0 Å². The Kier molecular flexibility index (Phi) is 3.46. The Balaban J connectivity index is 2.32. The van der Waals surface area contributed by atoms with Crippen molar-refractivity contribution in [2.24, 2.45) is 0 Å². The molecule has 2 rings (SSSR count). The van der Waals surface area contributed by atoms with Gasteiger partial charge in [-0.25, -0.2) is 0 Å². The molecule has 0 fully saturated rings. The van der Waals surface area contributed by atoms with E-state index in [1.54, 1.807) is 35.2 Å². The van der Waals surface area contributed by atoms with E-state index in [4.69, 9.17) is 11.6 Å². The van der Waals surface area contributed by atoms with Crippen molar-refractivity contribution in [3.8, 4) is 0 Å². The maximum absolute atomic E-state index is 10.8. The summed E-state index contributed by atoms with van der Waals surface area (Å²) in [5, 5.41) is 2.60. The molecule has 2 aromatic rings. The van der Waals surface area contributed by atoms with E-state index >= 15 is 0 Å². The Hall–Kier alpha value is -0.770. The lowest BCUT2D eigenvalue weighted by atomic mass is 10.2. The molecule has 0 aliphatic heterocycles. The molecule has 1 aromatic heterocycles. The highest BCUT2D eigenvalue weighted by molar-refractivity contribution is 8.01. The van der Waals surface area contributed by atoms with Crippen molar-refractivity contribution in [1.29, 1.82) is 0 Å². The van der Waals surface area contributed by atoms with Gasteiger partial charge in [0.15, 0.2) is 6.29 Å². The summed E-state index contributed by atoms with van der Waals surface area (Å²) < 4.78 is 1.17. The third-order valence-electron chi connectivity index (χ3n) is 1.80. The molecule has 76 valence electrons. The molecule has 0 bridgehead atoms. The SMILES string of the molecule is O=Cc1cc(Cl)ccc1Sc1cccs1. The van der Waals surface area contributed by atoms with Gasteiger partial charge in [0.05, 0.1) is 4.21 Å². The second-order valence-electron chi connectivity index (χ2n) is 2.83. The summed E-state index contributed by atoms with van der Waals surface area (Å²) in [6.45, 7) is 0. The zero-order valence-corrected chi connectivity index (χ0v) is 10.0. The van der Waals surface area contributed by atoms with Crippen molar-refractivity contribution in [1.82, 2.24) is 0 Å². The number of halogens is 1. The van der Waals surface area contributed by atoms with Crippen molar-refractivity contribution in [2.75, 3.05) is 0 Å². The molecule has 0 aliphatic rings. The summed E-state index contributed by atoms with van der Waals surface area (Å²) >= 11 is 9.05. The van der Waals surface area contributed by atoms with Gasteiger partial charge < -0.3 is 0 Å². The first-order chi connectivity index (χ1) is 7.29. The Labute approximate surface area is 101 Å². The summed E-state index contributed by atoms with van der Waals surface area (Å²) in [4.78, 5) is 11.8. The highest BCUT2D eigenvalue weighted by Crippen LogP contribution is 2.33. The molecular formula is C11H7ClOS2. The molecule has 0 saturated heterocycles. The molecule has 0 atom stereocenters. The lowest BCUT2D eigenvalue weighted by Gasteiger charge is -2.02. The van der Waals surface area contributed by atoms with Gasteiger partial charge in [0, 0.05) is 15.5 Å². The number of hydrogen-bond donors (Lipinski definition) is 0. The van der Waals surface area contributed by atoms with Crippen LogP contribution in [0.1, 0.15) is 10.4 Å². The standard InChI is InChI=1S/C11H7ClOS2/c12-9-3-4-10(8(6-9)7-13)15-11-2-1-5-14-11/h1-7H. The molecule has 0 aliphatic carbocycles. The Morgan fingerprint density at radius 3 is 2.87 bits per heavy atom. The van der Waals surface area contributed by atoms with Gasteiger partial charge in [0.2, 0.25) is 0 Å². The van der Waals surface area contributed by atoms with Crippen molar-refractivity contribution >= 4 is 41.0 Å². The highest BCUT2D eigenvalue weighted by Gasteiger charge is 2.05. The topological polar surface area (TPSA) is 17.1 Å². The number of benzene rings is 1. The highest BCUT2D eigenvalue weighted by atomic mass is 35.5. The quantitative estimate of drug-likeness (QED) is 0.757. The van der Waals surface area contributed by atoms with Crippen LogP contribution in [0, 0.1) is 0 Å². The molecule has 0 radical (unpaired) electrons. The van der Waals surface area contributed by atoms with Gasteiger partial charge in [-0.3, -0.25) is 4.79 Å². The lowest BCUT2D eigenvalue weighted by molar-refractivity contribution is 0.112. The minimum Gasteiger partial charge on any atom is -0.298 e. The van der Waals surface area contributed by atoms with Crippen LogP contribution in [0.25, 0.3) is 0 Å². The second kappa shape index (κ2) is 4.84. The summed E-state index contributed by atoms with van der Waals surface area (Å²) in [6.07, 6.45) is 0.835. The fourth-order valence-corrected chi connectivity index (χ4v) is 3.12. The van der Waals surface area contributed by atoms with E-state index in [9.17, 15) is 4.79 Å². The first kappa shape index (κ1) is 10.7. The van der Waals surface area contributed by atoms with Crippen LogP contribution in [0.15, 0.2) is 44.8 Å². The zero-order chi connectivity index (χ0) is 10.7. The van der Waals surface area contributed by atoms with E-state index in [1.165, 1.54) is 4.21 Å². The van der Waals surface area contributed by atoms with Crippen LogP contribution < -0.4 is 0 Å². The smallest absolute Gasteiger partial charge is 0.151 e. The predicted octanol–water partition coefficient (Wildman–Crippen LogP) is 4.37. The van der Waals surface area contributed by atoms with Crippen molar-refractivity contribution < 1.29 is 4.79 Å². The van der Waals surface area contributed by atoms with Crippen molar-refractivity contribution in [3.63, 3.8) is 0 Å². The lowest BCUT2D eigenvalue weighted by Crippen LogP contribution is -1.83. The van der Waals surface area contributed by atoms with E-state index in [1.807, 2.05) is 23.6 Å². The van der Waals surface area contributed by atoms with E-state index in [2.05, 4.69) is 0 Å². The number of carbonyl (C=O) groups is 1. The Bertz CT molecular complexity index is 465. The number of rotatable bonds is 3. The Morgan fingerprint density at radius 2 is 2.20 bits per heavy atom. The van der Waals surface area contributed by atoms with Crippen LogP contribution in [0.4, 0.5) is 0 Å². The summed E-state index contributed by atoms with van der Waals surface area (Å²) in [7, 11) is 0. The number of aldehydes is 1. The second-order valence-corrected chi connectivity index (χ2v) is 5.56. The largest absolute Gasteiger partial charge is 0.298 e. The third-order valence-corrected chi connectivity index (χ3v) is 4.17. The molecule has 0 N–H and O–H groups in total. The van der Waals surface area contributed by atoms with E-state index in [-0.39, 0.29) is 0 Å². The number of thiophene rings is 1. The molecule has 4 heteroatoms. The molecule has 0 amide bonds. The van der Waals surface area contributed by atoms with Crippen LogP contribution in [-0.4, -0.2) is 6.29 Å². The molecule has 0 saturated carbocycles. The van der Waals surface area contributed by atoms with Gasteiger partial charge in [0.1, 0.15) is 0 Å². The monoisotopic (exact) mass is 254 g/mol. The average molecular weight is 255 g/mol. The fraction of sp³-hybridized carbons (Fsp3) is 0. The maximum Gasteiger partial charge on any atom is 0.151 e. The van der Waals surface area contributed by atoms with Crippen LogP contribution >= 0.6 is 34.7 Å². The fourth-order valence-electron chi connectivity index (χ4n) is 1.13. The van der Waals surface area contributed by atoms with Crippen molar-refractivity contribution in [2.45, 2.75) is 9.10 Å². The van der Waals surface area contributed by atoms with E-state index in [0.717, 1.165) is 11.2 Å². The molecule has 1 nitrogen and oxygen atoms in total.